The molecule has 3 aromatic rings. The molecule has 0 amide bonds. The first-order chi connectivity index (χ1) is 8.75. The Hall–Kier alpha value is -1.65. The van der Waals surface area contributed by atoms with E-state index in [0.29, 0.717) is 0 Å². The Bertz CT molecular complexity index is 685. The van der Waals surface area contributed by atoms with Gasteiger partial charge in [0, 0.05) is 0 Å². The van der Waals surface area contributed by atoms with Crippen molar-refractivity contribution < 1.29 is 0 Å². The Kier molecular flexibility index (Phi) is 2.89. The SMILES string of the molecule is NC(c1ncc(Br)[nH]1)c1cccc2ccccc12. The summed E-state index contributed by atoms with van der Waals surface area (Å²) >= 11 is 3.35. The molecule has 0 saturated carbocycles. The molecule has 90 valence electrons. The zero-order chi connectivity index (χ0) is 12.5. The molecule has 0 bridgehead atoms. The lowest BCUT2D eigenvalue weighted by Crippen LogP contribution is -2.13. The summed E-state index contributed by atoms with van der Waals surface area (Å²) in [7, 11) is 0. The van der Waals surface area contributed by atoms with Gasteiger partial charge in [0.2, 0.25) is 0 Å². The van der Waals surface area contributed by atoms with E-state index in [2.05, 4.69) is 44.1 Å². The molecule has 3 rings (SSSR count). The topological polar surface area (TPSA) is 54.7 Å². The van der Waals surface area contributed by atoms with Crippen LogP contribution in [0.4, 0.5) is 0 Å². The number of nitrogens with two attached hydrogens (primary N) is 1. The Morgan fingerprint density at radius 1 is 1.11 bits per heavy atom. The van der Waals surface area contributed by atoms with Crippen molar-refractivity contribution in [3.63, 3.8) is 0 Å². The van der Waals surface area contributed by atoms with Gasteiger partial charge in [-0.2, -0.15) is 0 Å². The number of nitrogens with zero attached hydrogens (tertiary/aromatic N) is 1. The van der Waals surface area contributed by atoms with Crippen LogP contribution in [0.3, 0.4) is 0 Å². The van der Waals surface area contributed by atoms with Crippen molar-refractivity contribution in [2.45, 2.75) is 6.04 Å². The van der Waals surface area contributed by atoms with Crippen molar-refractivity contribution in [3.05, 3.63) is 64.7 Å². The van der Waals surface area contributed by atoms with E-state index < -0.39 is 0 Å². The third-order valence-corrected chi connectivity index (χ3v) is 3.42. The van der Waals surface area contributed by atoms with Gasteiger partial charge in [-0.05, 0) is 32.3 Å². The smallest absolute Gasteiger partial charge is 0.128 e. The van der Waals surface area contributed by atoms with Gasteiger partial charge in [0.15, 0.2) is 0 Å². The zero-order valence-corrected chi connectivity index (χ0v) is 11.2. The van der Waals surface area contributed by atoms with E-state index in [1.54, 1.807) is 6.20 Å². The summed E-state index contributed by atoms with van der Waals surface area (Å²) in [6.45, 7) is 0. The van der Waals surface area contributed by atoms with Crippen molar-refractivity contribution in [1.82, 2.24) is 9.97 Å². The molecular weight excluding hydrogens is 290 g/mol. The minimum absolute atomic E-state index is 0.248. The van der Waals surface area contributed by atoms with Gasteiger partial charge in [0.05, 0.1) is 12.2 Å². The van der Waals surface area contributed by atoms with Gasteiger partial charge in [-0.3, -0.25) is 0 Å². The van der Waals surface area contributed by atoms with Crippen LogP contribution in [0, 0.1) is 0 Å². The maximum Gasteiger partial charge on any atom is 0.128 e. The van der Waals surface area contributed by atoms with Gasteiger partial charge in [-0.15, -0.1) is 0 Å². The molecule has 1 aromatic heterocycles. The molecule has 18 heavy (non-hydrogen) atoms. The van der Waals surface area contributed by atoms with Crippen LogP contribution in [0.2, 0.25) is 0 Å². The third kappa shape index (κ3) is 1.94. The van der Waals surface area contributed by atoms with Crippen LogP contribution in [0.25, 0.3) is 10.8 Å². The molecule has 3 N–H and O–H groups in total. The average Bonchev–Trinajstić information content (AvgIpc) is 2.84. The molecule has 0 fully saturated rings. The fourth-order valence-corrected chi connectivity index (χ4v) is 2.45. The predicted octanol–water partition coefficient (Wildman–Crippen LogP) is 3.37. The summed E-state index contributed by atoms with van der Waals surface area (Å²) in [5.41, 5.74) is 7.36. The van der Waals surface area contributed by atoms with Gasteiger partial charge < -0.3 is 10.7 Å². The molecule has 1 heterocycles. The standard InChI is InChI=1S/C14H12BrN3/c15-12-8-17-14(18-12)13(16)11-7-3-5-9-4-1-2-6-10(9)11/h1-8,13H,16H2,(H,17,18). The van der Waals surface area contributed by atoms with Gasteiger partial charge in [0.25, 0.3) is 0 Å². The number of fused-ring (bicyclic) bond motifs is 1. The highest BCUT2D eigenvalue weighted by molar-refractivity contribution is 9.10. The number of imidazole rings is 1. The molecule has 0 radical (unpaired) electrons. The summed E-state index contributed by atoms with van der Waals surface area (Å²) in [4.78, 5) is 7.39. The van der Waals surface area contributed by atoms with Crippen LogP contribution >= 0.6 is 15.9 Å². The van der Waals surface area contributed by atoms with Crippen molar-refractivity contribution in [2.75, 3.05) is 0 Å². The Morgan fingerprint density at radius 3 is 2.67 bits per heavy atom. The van der Waals surface area contributed by atoms with E-state index >= 15 is 0 Å². The lowest BCUT2D eigenvalue weighted by atomic mass is 9.99. The number of hydrogen-bond acceptors (Lipinski definition) is 2. The van der Waals surface area contributed by atoms with Crippen LogP contribution in [-0.4, -0.2) is 9.97 Å². The number of aromatic amines is 1. The van der Waals surface area contributed by atoms with Crippen molar-refractivity contribution in [3.8, 4) is 0 Å². The van der Waals surface area contributed by atoms with Gasteiger partial charge >= 0.3 is 0 Å². The van der Waals surface area contributed by atoms with Crippen LogP contribution in [0.15, 0.2) is 53.3 Å². The Labute approximate surface area is 113 Å². The number of nitrogens with one attached hydrogen (secondary N) is 1. The minimum atomic E-state index is -0.248. The van der Waals surface area contributed by atoms with E-state index in [1.165, 1.54) is 10.8 Å². The number of halogens is 1. The molecule has 3 nitrogen and oxygen atoms in total. The summed E-state index contributed by atoms with van der Waals surface area (Å²) in [5.74, 6) is 0.762. The van der Waals surface area contributed by atoms with Gasteiger partial charge in [-0.1, -0.05) is 42.5 Å². The molecule has 4 heteroatoms. The molecule has 1 atom stereocenters. The molecule has 1 unspecified atom stereocenters. The van der Waals surface area contributed by atoms with Gasteiger partial charge in [-0.25, -0.2) is 4.98 Å². The maximum absolute atomic E-state index is 6.28. The highest BCUT2D eigenvalue weighted by atomic mass is 79.9. The average molecular weight is 302 g/mol. The number of hydrogen-bond donors (Lipinski definition) is 2. The summed E-state index contributed by atoms with van der Waals surface area (Å²) in [6.07, 6.45) is 1.72. The largest absolute Gasteiger partial charge is 0.335 e. The van der Waals surface area contributed by atoms with E-state index in [0.717, 1.165) is 16.0 Å². The van der Waals surface area contributed by atoms with Crippen molar-refractivity contribution in [1.29, 1.82) is 0 Å². The predicted molar refractivity (Wildman–Crippen MR) is 76.3 cm³/mol. The molecule has 2 aromatic carbocycles. The second kappa shape index (κ2) is 4.55. The second-order valence-electron chi connectivity index (χ2n) is 4.16. The number of aromatic nitrogens is 2. The van der Waals surface area contributed by atoms with E-state index in [9.17, 15) is 0 Å². The highest BCUT2D eigenvalue weighted by Crippen LogP contribution is 2.26. The fourth-order valence-electron chi connectivity index (χ4n) is 2.14. The van der Waals surface area contributed by atoms with Crippen LogP contribution < -0.4 is 5.73 Å². The van der Waals surface area contributed by atoms with Crippen LogP contribution in [0.5, 0.6) is 0 Å². The number of H-pyrrole nitrogens is 1. The lowest BCUT2D eigenvalue weighted by molar-refractivity contribution is 0.806. The first-order valence-corrected chi connectivity index (χ1v) is 6.48. The molecular formula is C14H12BrN3. The van der Waals surface area contributed by atoms with Crippen LogP contribution in [-0.2, 0) is 0 Å². The van der Waals surface area contributed by atoms with E-state index in [-0.39, 0.29) is 6.04 Å². The highest BCUT2D eigenvalue weighted by Gasteiger charge is 2.14. The Morgan fingerprint density at radius 2 is 1.89 bits per heavy atom. The van der Waals surface area contributed by atoms with Crippen molar-refractivity contribution >= 4 is 26.7 Å². The van der Waals surface area contributed by atoms with Gasteiger partial charge in [0.1, 0.15) is 10.4 Å². The first kappa shape index (κ1) is 11.4. The second-order valence-corrected chi connectivity index (χ2v) is 5.02. The summed E-state index contributed by atoms with van der Waals surface area (Å²) < 4.78 is 0.841. The quantitative estimate of drug-likeness (QED) is 0.762. The van der Waals surface area contributed by atoms with Crippen molar-refractivity contribution in [2.24, 2.45) is 5.73 Å². The van der Waals surface area contributed by atoms with E-state index in [4.69, 9.17) is 5.73 Å². The summed E-state index contributed by atoms with van der Waals surface area (Å²) in [6, 6.07) is 14.1. The van der Waals surface area contributed by atoms with E-state index in [1.807, 2.05) is 24.3 Å². The molecule has 0 aliphatic carbocycles. The first-order valence-electron chi connectivity index (χ1n) is 5.69. The van der Waals surface area contributed by atoms with Crippen LogP contribution in [0.1, 0.15) is 17.4 Å². The fraction of sp³-hybridized carbons (Fsp3) is 0.0714. The molecule has 0 saturated heterocycles. The minimum Gasteiger partial charge on any atom is -0.335 e. The lowest BCUT2D eigenvalue weighted by Gasteiger charge is -2.12. The normalized spacial score (nSPS) is 12.8. The number of rotatable bonds is 2. The third-order valence-electron chi connectivity index (χ3n) is 3.02. The Balaban J connectivity index is 2.14. The number of benzene rings is 2. The molecule has 0 aliphatic heterocycles. The monoisotopic (exact) mass is 301 g/mol. The summed E-state index contributed by atoms with van der Waals surface area (Å²) in [5, 5.41) is 2.36. The maximum atomic E-state index is 6.28. The molecule has 0 spiro atoms. The zero-order valence-electron chi connectivity index (χ0n) is 9.60. The molecule has 0 aliphatic rings.